The van der Waals surface area contributed by atoms with Crippen molar-refractivity contribution in [1.82, 2.24) is 0 Å². The van der Waals surface area contributed by atoms with Crippen LogP contribution in [-0.2, 0) is 0 Å². The summed E-state index contributed by atoms with van der Waals surface area (Å²) in [4.78, 5) is 9.07. The molecule has 7 heteroatoms. The molecule has 0 amide bonds. The molecule has 0 saturated carbocycles. The number of hydrogen-bond acceptors (Lipinski definition) is 7. The number of ether oxygens (including phenoxy) is 3. The highest BCUT2D eigenvalue weighted by Crippen LogP contribution is 2.43. The van der Waals surface area contributed by atoms with Crippen molar-refractivity contribution in [3.63, 3.8) is 0 Å². The van der Waals surface area contributed by atoms with E-state index in [1.807, 2.05) is 54.6 Å². The zero-order chi connectivity index (χ0) is 43.7. The monoisotopic (exact) mass is 836 g/mol. The van der Waals surface area contributed by atoms with Crippen molar-refractivity contribution in [2.24, 2.45) is 0 Å². The zero-order valence-corrected chi connectivity index (χ0v) is 36.0. The van der Waals surface area contributed by atoms with Crippen LogP contribution in [0.3, 0.4) is 0 Å². The van der Waals surface area contributed by atoms with Crippen LogP contribution in [0.2, 0.25) is 0 Å². The molecule has 0 atom stereocenters. The number of rotatable bonds is 15. The molecular weight excluding hydrogens is 789 g/mol. The van der Waals surface area contributed by atoms with E-state index in [0.29, 0.717) is 0 Å². The smallest absolute Gasteiger partial charge is 0.119 e. The first-order valence-corrected chi connectivity index (χ1v) is 21.2. The van der Waals surface area contributed by atoms with Crippen LogP contribution in [0.4, 0.5) is 68.2 Å². The molecule has 9 rings (SSSR count). The summed E-state index contributed by atoms with van der Waals surface area (Å²) in [5.41, 5.74) is 12.4. The van der Waals surface area contributed by atoms with Crippen molar-refractivity contribution >= 4 is 68.2 Å². The maximum Gasteiger partial charge on any atom is 0.119 e. The Hall–Kier alpha value is -8.42. The van der Waals surface area contributed by atoms with Crippen molar-refractivity contribution in [2.45, 2.75) is 0 Å². The fourth-order valence-electron chi connectivity index (χ4n) is 7.97. The minimum atomic E-state index is 0.812. The van der Waals surface area contributed by atoms with Crippen molar-refractivity contribution in [2.75, 3.05) is 40.9 Å². The second-order valence-corrected chi connectivity index (χ2v) is 15.0. The van der Waals surface area contributed by atoms with E-state index in [9.17, 15) is 0 Å². The molecule has 0 unspecified atom stereocenters. The molecule has 0 aliphatic carbocycles. The van der Waals surface area contributed by atoms with Gasteiger partial charge in [0.1, 0.15) is 17.2 Å². The third-order valence-electron chi connectivity index (χ3n) is 11.1. The summed E-state index contributed by atoms with van der Waals surface area (Å²) >= 11 is 0. The molecule has 0 saturated heterocycles. The summed E-state index contributed by atoms with van der Waals surface area (Å²) in [6.45, 7) is 0. The molecule has 0 heterocycles. The first kappa shape index (κ1) is 41.0. The maximum atomic E-state index is 5.50. The third kappa shape index (κ3) is 8.82. The average Bonchev–Trinajstić information content (AvgIpc) is 3.37. The van der Waals surface area contributed by atoms with Gasteiger partial charge in [-0.15, -0.1) is 0 Å². The number of nitrogens with zero attached hydrogens (tertiary/aromatic N) is 4. The summed E-state index contributed by atoms with van der Waals surface area (Å²) in [5.74, 6) is 2.43. The number of benzene rings is 9. The quantitative estimate of drug-likeness (QED) is 0.102. The van der Waals surface area contributed by atoms with Crippen LogP contribution >= 0.6 is 0 Å². The first-order chi connectivity index (χ1) is 31.6. The fraction of sp³-hybridized carbons (Fsp3) is 0.0526. The van der Waals surface area contributed by atoms with E-state index in [2.05, 4.69) is 202 Å². The van der Waals surface area contributed by atoms with E-state index in [1.165, 1.54) is 0 Å². The molecule has 0 fully saturated rings. The molecule has 0 aromatic heterocycles. The van der Waals surface area contributed by atoms with E-state index in [-0.39, 0.29) is 0 Å². The topological polar surface area (TPSA) is 40.7 Å². The van der Waals surface area contributed by atoms with Gasteiger partial charge in [-0.25, -0.2) is 0 Å². The number of hydrogen-bond donors (Lipinski definition) is 0. The van der Waals surface area contributed by atoms with Crippen LogP contribution in [0.15, 0.2) is 237 Å². The Balaban J connectivity index is 1.13. The van der Waals surface area contributed by atoms with Gasteiger partial charge < -0.3 is 33.8 Å². The Bertz CT molecular complexity index is 2520. The molecule has 0 aliphatic rings. The van der Waals surface area contributed by atoms with Gasteiger partial charge in [-0.05, 0) is 182 Å². The van der Waals surface area contributed by atoms with E-state index in [1.54, 1.807) is 21.3 Å². The molecule has 314 valence electrons. The molecule has 7 nitrogen and oxygen atoms in total. The Morgan fingerprint density at radius 3 is 0.484 bits per heavy atom. The van der Waals surface area contributed by atoms with Crippen LogP contribution < -0.4 is 33.8 Å². The summed E-state index contributed by atoms with van der Waals surface area (Å²) in [7, 11) is 5.07. The van der Waals surface area contributed by atoms with Crippen molar-refractivity contribution in [1.29, 1.82) is 0 Å². The zero-order valence-electron chi connectivity index (χ0n) is 36.0. The lowest BCUT2D eigenvalue weighted by Crippen LogP contribution is -2.13. The highest BCUT2D eigenvalue weighted by molar-refractivity contribution is 5.85. The number of anilines is 12. The van der Waals surface area contributed by atoms with Gasteiger partial charge in [0.2, 0.25) is 0 Å². The third-order valence-corrected chi connectivity index (χ3v) is 11.1. The fourth-order valence-corrected chi connectivity index (χ4v) is 7.97. The highest BCUT2D eigenvalue weighted by atomic mass is 16.5. The molecular formula is C57H48N4O3. The molecule has 0 bridgehead atoms. The predicted octanol–water partition coefficient (Wildman–Crippen LogP) is 15.6. The lowest BCUT2D eigenvalue weighted by atomic mass is 10.1. The molecule has 0 spiro atoms. The van der Waals surface area contributed by atoms with Crippen molar-refractivity contribution < 1.29 is 14.2 Å². The van der Waals surface area contributed by atoms with Gasteiger partial charge in [0.25, 0.3) is 0 Å². The van der Waals surface area contributed by atoms with E-state index in [0.717, 1.165) is 85.5 Å². The largest absolute Gasteiger partial charge is 0.497 e. The average molecular weight is 837 g/mol. The normalized spacial score (nSPS) is 10.7. The van der Waals surface area contributed by atoms with Gasteiger partial charge >= 0.3 is 0 Å². The van der Waals surface area contributed by atoms with Crippen molar-refractivity contribution in [3.05, 3.63) is 237 Å². The van der Waals surface area contributed by atoms with Gasteiger partial charge in [-0.2, -0.15) is 0 Å². The summed E-state index contributed by atoms with van der Waals surface area (Å²) < 4.78 is 16.5. The Morgan fingerprint density at radius 1 is 0.188 bits per heavy atom. The van der Waals surface area contributed by atoms with Gasteiger partial charge in [-0.1, -0.05) is 54.6 Å². The number of methoxy groups -OCH3 is 3. The minimum absolute atomic E-state index is 0.812. The number of para-hydroxylation sites is 3. The van der Waals surface area contributed by atoms with Crippen LogP contribution in [0.1, 0.15) is 0 Å². The van der Waals surface area contributed by atoms with Crippen LogP contribution in [-0.4, -0.2) is 21.3 Å². The Morgan fingerprint density at radius 2 is 0.328 bits per heavy atom. The molecule has 9 aromatic rings. The second kappa shape index (κ2) is 19.1. The molecule has 9 aromatic carbocycles. The molecule has 0 aliphatic heterocycles. The summed E-state index contributed by atoms with van der Waals surface area (Å²) in [5, 5.41) is 0. The predicted molar refractivity (Wildman–Crippen MR) is 265 cm³/mol. The van der Waals surface area contributed by atoms with Gasteiger partial charge in [-0.3, -0.25) is 0 Å². The first-order valence-electron chi connectivity index (χ1n) is 21.2. The van der Waals surface area contributed by atoms with Crippen LogP contribution in [0.25, 0.3) is 0 Å². The Kier molecular flexibility index (Phi) is 12.2. The van der Waals surface area contributed by atoms with Crippen LogP contribution in [0.5, 0.6) is 17.2 Å². The summed E-state index contributed by atoms with van der Waals surface area (Å²) in [6.07, 6.45) is 0. The highest BCUT2D eigenvalue weighted by Gasteiger charge is 2.20. The Labute approximate surface area is 375 Å². The van der Waals surface area contributed by atoms with Crippen LogP contribution in [0, 0.1) is 0 Å². The SMILES string of the molecule is COc1ccc(N(c2ccccc2)c2ccc(N(c3ccc(N(c4ccccc4)c4ccc(OC)cc4)cc3)c3ccc(N(c4ccccc4)c4ccc(OC)cc4)cc3)cc2)cc1. The molecule has 64 heavy (non-hydrogen) atoms. The summed E-state index contributed by atoms with van der Waals surface area (Å²) in [6, 6.07) is 82.0. The van der Waals surface area contributed by atoms with E-state index >= 15 is 0 Å². The lowest BCUT2D eigenvalue weighted by molar-refractivity contribution is 0.414. The van der Waals surface area contributed by atoms with Gasteiger partial charge in [0.05, 0.1) is 21.3 Å². The molecule has 0 N–H and O–H groups in total. The molecule has 0 radical (unpaired) electrons. The maximum absolute atomic E-state index is 5.50. The van der Waals surface area contributed by atoms with Gasteiger partial charge in [0.15, 0.2) is 0 Å². The van der Waals surface area contributed by atoms with Crippen molar-refractivity contribution in [3.8, 4) is 17.2 Å². The lowest BCUT2D eigenvalue weighted by Gasteiger charge is -2.30. The van der Waals surface area contributed by atoms with E-state index < -0.39 is 0 Å². The minimum Gasteiger partial charge on any atom is -0.497 e. The van der Waals surface area contributed by atoms with E-state index in [4.69, 9.17) is 14.2 Å². The van der Waals surface area contributed by atoms with Gasteiger partial charge in [0, 0.05) is 68.2 Å². The standard InChI is InChI=1S/C57H48N4O3/c1-62-55-37-31-52(32-38-55)58(43-13-7-4-8-14-43)46-19-25-49(26-20-46)61(50-27-21-47(22-28-50)59(44-15-9-5-10-16-44)53-33-39-56(63-2)40-34-53)51-29-23-48(24-30-51)60(45-17-11-6-12-18-45)54-35-41-57(64-3)42-36-54/h4-42H,1-3H3. The second-order valence-electron chi connectivity index (χ2n) is 15.0.